The molecule has 1 aromatic heterocycles. The summed E-state index contributed by atoms with van der Waals surface area (Å²) in [4.78, 5) is 69.3. The molecule has 1 heterocycles. The summed E-state index contributed by atoms with van der Waals surface area (Å²) in [5, 5.41) is 21.3. The SMILES string of the molecule is CC(C)C[C@H](NC(=O)C[C@H](O)[C@H](CC(C)C)NC(=O)[C@H](Cc1cnc[nH]1)NC(=O)CNC(=O)[C@@H](N)C(C)C)C(N)=O. The van der Waals surface area contributed by atoms with Crippen LogP contribution in [0.2, 0.25) is 0 Å². The quantitative estimate of drug-likeness (QED) is 0.105. The minimum absolute atomic E-state index is 0.0401. The summed E-state index contributed by atoms with van der Waals surface area (Å²) in [6, 6.07) is -3.58. The number of imidazole rings is 1. The van der Waals surface area contributed by atoms with Gasteiger partial charge in [-0.1, -0.05) is 41.5 Å². The zero-order valence-corrected chi connectivity index (χ0v) is 24.9. The van der Waals surface area contributed by atoms with E-state index in [1.807, 2.05) is 27.7 Å². The van der Waals surface area contributed by atoms with E-state index in [-0.39, 0.29) is 37.1 Å². The maximum absolute atomic E-state index is 13.4. The number of primary amides is 1. The van der Waals surface area contributed by atoms with Gasteiger partial charge in [0.05, 0.1) is 37.5 Å². The molecule has 0 aliphatic rings. The Morgan fingerprint density at radius 2 is 1.51 bits per heavy atom. The molecule has 10 N–H and O–H groups in total. The first kappa shape index (κ1) is 35.5. The molecule has 0 bridgehead atoms. The van der Waals surface area contributed by atoms with Crippen molar-refractivity contribution in [2.24, 2.45) is 29.2 Å². The second kappa shape index (κ2) is 17.3. The Labute approximate surface area is 241 Å². The van der Waals surface area contributed by atoms with Crippen molar-refractivity contribution < 1.29 is 29.1 Å². The lowest BCUT2D eigenvalue weighted by molar-refractivity contribution is -0.132. The molecular weight excluding hydrogens is 532 g/mol. The number of nitrogens with zero attached hydrogens (tertiary/aromatic N) is 1. The van der Waals surface area contributed by atoms with Gasteiger partial charge < -0.3 is 42.8 Å². The van der Waals surface area contributed by atoms with Crippen molar-refractivity contribution in [3.05, 3.63) is 18.2 Å². The number of aliphatic hydroxyl groups is 1. The number of nitrogens with one attached hydrogen (secondary N) is 5. The van der Waals surface area contributed by atoms with Crippen LogP contribution in [0.25, 0.3) is 0 Å². The zero-order chi connectivity index (χ0) is 31.3. The molecular formula is C27H48N8O6. The molecule has 41 heavy (non-hydrogen) atoms. The predicted octanol–water partition coefficient (Wildman–Crippen LogP) is -1.17. The number of aromatic nitrogens is 2. The molecule has 0 saturated heterocycles. The third-order valence-corrected chi connectivity index (χ3v) is 6.37. The van der Waals surface area contributed by atoms with E-state index in [0.29, 0.717) is 18.5 Å². The molecule has 5 amide bonds. The first-order valence-electron chi connectivity index (χ1n) is 14.0. The van der Waals surface area contributed by atoms with E-state index in [9.17, 15) is 29.1 Å². The van der Waals surface area contributed by atoms with Gasteiger partial charge in [-0.25, -0.2) is 4.98 Å². The molecule has 0 aliphatic carbocycles. The maximum atomic E-state index is 13.4. The van der Waals surface area contributed by atoms with Gasteiger partial charge in [-0.05, 0) is 30.6 Å². The third kappa shape index (κ3) is 13.6. The van der Waals surface area contributed by atoms with Crippen molar-refractivity contribution in [2.45, 2.75) is 97.5 Å². The lowest BCUT2D eigenvalue weighted by Gasteiger charge is -2.28. The predicted molar refractivity (Wildman–Crippen MR) is 153 cm³/mol. The summed E-state index contributed by atoms with van der Waals surface area (Å²) in [5.41, 5.74) is 11.8. The van der Waals surface area contributed by atoms with Crippen molar-refractivity contribution in [1.29, 1.82) is 0 Å². The molecule has 0 radical (unpaired) electrons. The van der Waals surface area contributed by atoms with Crippen molar-refractivity contribution in [3.63, 3.8) is 0 Å². The van der Waals surface area contributed by atoms with Gasteiger partial charge in [-0.2, -0.15) is 0 Å². The number of hydrogen-bond acceptors (Lipinski definition) is 8. The Bertz CT molecular complexity index is 998. The summed E-state index contributed by atoms with van der Waals surface area (Å²) in [6.07, 6.45) is 2.02. The van der Waals surface area contributed by atoms with Gasteiger partial charge in [0.1, 0.15) is 12.1 Å². The molecule has 232 valence electrons. The normalized spacial score (nSPS) is 15.1. The first-order valence-corrected chi connectivity index (χ1v) is 14.0. The highest BCUT2D eigenvalue weighted by molar-refractivity contribution is 5.91. The highest BCUT2D eigenvalue weighted by Gasteiger charge is 2.30. The van der Waals surface area contributed by atoms with Crippen LogP contribution in [0.4, 0.5) is 0 Å². The molecule has 0 saturated carbocycles. The van der Waals surface area contributed by atoms with Crippen LogP contribution >= 0.6 is 0 Å². The van der Waals surface area contributed by atoms with Crippen molar-refractivity contribution in [2.75, 3.05) is 6.54 Å². The Morgan fingerprint density at radius 1 is 0.902 bits per heavy atom. The minimum atomic E-state index is -1.28. The number of hydrogen-bond donors (Lipinski definition) is 8. The van der Waals surface area contributed by atoms with Crippen LogP contribution in [0.3, 0.4) is 0 Å². The molecule has 0 unspecified atom stereocenters. The molecule has 0 spiro atoms. The number of carbonyl (C=O) groups excluding carboxylic acids is 5. The van der Waals surface area contributed by atoms with E-state index in [2.05, 4.69) is 31.2 Å². The Balaban J connectivity index is 2.96. The van der Waals surface area contributed by atoms with Crippen LogP contribution in [0.15, 0.2) is 12.5 Å². The van der Waals surface area contributed by atoms with E-state index in [1.54, 1.807) is 13.8 Å². The molecule has 0 aliphatic heterocycles. The number of amides is 5. The fourth-order valence-electron chi connectivity index (χ4n) is 4.07. The number of carbonyl (C=O) groups is 5. The molecule has 1 rings (SSSR count). The average molecular weight is 581 g/mol. The van der Waals surface area contributed by atoms with Gasteiger partial charge in [0.15, 0.2) is 0 Å². The van der Waals surface area contributed by atoms with E-state index >= 15 is 0 Å². The highest BCUT2D eigenvalue weighted by atomic mass is 16.3. The van der Waals surface area contributed by atoms with Gasteiger partial charge in [0.2, 0.25) is 29.5 Å². The Kier molecular flexibility index (Phi) is 15.0. The van der Waals surface area contributed by atoms with Crippen LogP contribution in [0.1, 0.15) is 66.5 Å². The van der Waals surface area contributed by atoms with Crippen LogP contribution in [-0.2, 0) is 30.4 Å². The monoisotopic (exact) mass is 580 g/mol. The van der Waals surface area contributed by atoms with Gasteiger partial charge in [-0.15, -0.1) is 0 Å². The Morgan fingerprint density at radius 3 is 2.02 bits per heavy atom. The van der Waals surface area contributed by atoms with Gasteiger partial charge >= 0.3 is 0 Å². The summed E-state index contributed by atoms with van der Waals surface area (Å²) in [7, 11) is 0. The number of rotatable bonds is 18. The largest absolute Gasteiger partial charge is 0.390 e. The molecule has 0 fully saturated rings. The summed E-state index contributed by atoms with van der Waals surface area (Å²) in [6.45, 7) is 10.7. The van der Waals surface area contributed by atoms with E-state index in [0.717, 1.165) is 0 Å². The molecule has 14 heteroatoms. The van der Waals surface area contributed by atoms with Gasteiger partial charge in [0, 0.05) is 18.3 Å². The molecule has 1 aromatic rings. The Hall–Kier alpha value is -3.52. The third-order valence-electron chi connectivity index (χ3n) is 6.37. The van der Waals surface area contributed by atoms with Crippen molar-refractivity contribution >= 4 is 29.5 Å². The fraction of sp³-hybridized carbons (Fsp3) is 0.704. The smallest absolute Gasteiger partial charge is 0.243 e. The summed E-state index contributed by atoms with van der Waals surface area (Å²) in [5.74, 6) is -2.94. The fourth-order valence-corrected chi connectivity index (χ4v) is 4.07. The number of aromatic amines is 1. The lowest BCUT2D eigenvalue weighted by Crippen LogP contribution is -2.56. The van der Waals surface area contributed by atoms with Crippen molar-refractivity contribution in [3.8, 4) is 0 Å². The second-order valence-corrected chi connectivity index (χ2v) is 11.6. The van der Waals surface area contributed by atoms with Crippen molar-refractivity contribution in [1.82, 2.24) is 31.2 Å². The standard InChI is InChI=1S/C27H48N8O6/c1-14(2)7-18(21(36)10-22(37)33-19(25(29)39)8-15(3)4)35-26(40)20(9-17-11-30-13-32-17)34-23(38)12-31-27(41)24(28)16(5)6/h11,13-16,18-21,24,36H,7-10,12,28H2,1-6H3,(H2,29,39)(H,30,32)(H,31,41)(H,33,37)(H,34,38)(H,35,40)/t18-,19-,20-,21-,24-/m0/s1. The average Bonchev–Trinajstić information content (AvgIpc) is 3.37. The van der Waals surface area contributed by atoms with Crippen LogP contribution < -0.4 is 32.7 Å². The summed E-state index contributed by atoms with van der Waals surface area (Å²) >= 11 is 0. The zero-order valence-electron chi connectivity index (χ0n) is 24.9. The second-order valence-electron chi connectivity index (χ2n) is 11.6. The lowest BCUT2D eigenvalue weighted by atomic mass is 9.96. The van der Waals surface area contributed by atoms with Crippen LogP contribution in [-0.4, -0.2) is 81.4 Å². The summed E-state index contributed by atoms with van der Waals surface area (Å²) < 4.78 is 0. The van der Waals surface area contributed by atoms with Gasteiger partial charge in [0.25, 0.3) is 0 Å². The number of H-pyrrole nitrogens is 1. The molecule has 5 atom stereocenters. The topological polar surface area (TPSA) is 234 Å². The number of aliphatic hydroxyl groups excluding tert-OH is 1. The van der Waals surface area contributed by atoms with Crippen LogP contribution in [0, 0.1) is 17.8 Å². The minimum Gasteiger partial charge on any atom is -0.390 e. The van der Waals surface area contributed by atoms with Gasteiger partial charge in [-0.3, -0.25) is 24.0 Å². The molecule has 0 aromatic carbocycles. The van der Waals surface area contributed by atoms with E-state index in [1.165, 1.54) is 12.5 Å². The molecule has 14 nitrogen and oxygen atoms in total. The van der Waals surface area contributed by atoms with E-state index < -0.39 is 59.8 Å². The number of nitrogens with two attached hydrogens (primary N) is 2. The highest BCUT2D eigenvalue weighted by Crippen LogP contribution is 2.13. The first-order chi connectivity index (χ1) is 19.1. The maximum Gasteiger partial charge on any atom is 0.243 e. The van der Waals surface area contributed by atoms with E-state index in [4.69, 9.17) is 11.5 Å². The van der Waals surface area contributed by atoms with Crippen LogP contribution in [0.5, 0.6) is 0 Å².